The zero-order valence-corrected chi connectivity index (χ0v) is 13.9. The molecular formula is C15H10BrF3O3S. The molecule has 0 unspecified atom stereocenters. The third-order valence-corrected chi connectivity index (χ3v) is 5.19. The number of sulfone groups is 1. The molecule has 0 atom stereocenters. The van der Waals surface area contributed by atoms with Crippen molar-refractivity contribution in [3.8, 4) is 0 Å². The molecule has 0 bridgehead atoms. The lowest BCUT2D eigenvalue weighted by Crippen LogP contribution is -2.20. The fourth-order valence-corrected chi connectivity index (χ4v) is 3.43. The van der Waals surface area contributed by atoms with E-state index in [2.05, 4.69) is 15.9 Å². The maximum Gasteiger partial charge on any atom is 0.417 e. The summed E-state index contributed by atoms with van der Waals surface area (Å²) in [6.45, 7) is 0. The molecule has 0 saturated carbocycles. The van der Waals surface area contributed by atoms with E-state index < -0.39 is 38.7 Å². The van der Waals surface area contributed by atoms with Crippen LogP contribution >= 0.6 is 15.9 Å². The smallest absolute Gasteiger partial charge is 0.293 e. The van der Waals surface area contributed by atoms with Crippen LogP contribution in [0.3, 0.4) is 0 Å². The van der Waals surface area contributed by atoms with Crippen molar-refractivity contribution in [2.24, 2.45) is 0 Å². The highest BCUT2D eigenvalue weighted by atomic mass is 79.9. The summed E-state index contributed by atoms with van der Waals surface area (Å²) in [5.41, 5.74) is -1.79. The standard InChI is InChI=1S/C15H10BrF3O3S/c16-10-5-7-11(8-6-10)23(21,22)9-14(20)12-3-1-2-4-13(12)15(17,18)19/h1-8H,9H2. The normalized spacial score (nSPS) is 12.2. The first kappa shape index (κ1) is 17.7. The zero-order chi connectivity index (χ0) is 17.3. The van der Waals surface area contributed by atoms with Crippen molar-refractivity contribution in [1.29, 1.82) is 0 Å². The highest BCUT2D eigenvalue weighted by Crippen LogP contribution is 2.32. The summed E-state index contributed by atoms with van der Waals surface area (Å²) in [7, 11) is -4.02. The molecule has 0 aliphatic heterocycles. The first-order chi connectivity index (χ1) is 10.6. The van der Waals surface area contributed by atoms with Crippen molar-refractivity contribution in [1.82, 2.24) is 0 Å². The summed E-state index contributed by atoms with van der Waals surface area (Å²) in [6, 6.07) is 9.63. The Morgan fingerprint density at radius 2 is 1.57 bits per heavy atom. The Morgan fingerprint density at radius 1 is 1.00 bits per heavy atom. The molecule has 122 valence electrons. The lowest BCUT2D eigenvalue weighted by Gasteiger charge is -2.12. The van der Waals surface area contributed by atoms with Crippen LogP contribution in [0.25, 0.3) is 0 Å². The molecule has 0 amide bonds. The molecule has 0 N–H and O–H groups in total. The Hall–Kier alpha value is -1.67. The maximum atomic E-state index is 12.9. The molecule has 0 heterocycles. The van der Waals surface area contributed by atoms with E-state index in [1.165, 1.54) is 30.3 Å². The van der Waals surface area contributed by atoms with Crippen LogP contribution in [0.1, 0.15) is 15.9 Å². The molecule has 0 radical (unpaired) electrons. The van der Waals surface area contributed by atoms with Gasteiger partial charge in [0, 0.05) is 10.0 Å². The average molecular weight is 407 g/mol. The van der Waals surface area contributed by atoms with Crippen molar-refractivity contribution >= 4 is 31.6 Å². The lowest BCUT2D eigenvalue weighted by atomic mass is 10.0. The minimum atomic E-state index is -4.73. The van der Waals surface area contributed by atoms with Gasteiger partial charge in [0.2, 0.25) is 0 Å². The molecular weight excluding hydrogens is 397 g/mol. The maximum absolute atomic E-state index is 12.9. The number of Topliss-reactive ketones (excluding diaryl/α,β-unsaturated/α-hetero) is 1. The molecule has 0 saturated heterocycles. The second-order valence-electron chi connectivity index (χ2n) is 4.68. The van der Waals surface area contributed by atoms with Gasteiger partial charge in [0.15, 0.2) is 15.6 Å². The van der Waals surface area contributed by atoms with E-state index in [-0.39, 0.29) is 4.90 Å². The van der Waals surface area contributed by atoms with E-state index in [1.807, 2.05) is 0 Å². The summed E-state index contributed by atoms with van der Waals surface area (Å²) < 4.78 is 63.7. The number of hydrogen-bond acceptors (Lipinski definition) is 3. The zero-order valence-electron chi connectivity index (χ0n) is 11.5. The van der Waals surface area contributed by atoms with Crippen LogP contribution in [0.4, 0.5) is 13.2 Å². The van der Waals surface area contributed by atoms with Gasteiger partial charge in [-0.05, 0) is 30.3 Å². The molecule has 2 aromatic rings. The number of carbonyl (C=O) groups is 1. The van der Waals surface area contributed by atoms with Gasteiger partial charge < -0.3 is 0 Å². The van der Waals surface area contributed by atoms with Crippen LogP contribution < -0.4 is 0 Å². The van der Waals surface area contributed by atoms with E-state index in [0.29, 0.717) is 4.47 Å². The van der Waals surface area contributed by atoms with Crippen molar-refractivity contribution in [3.63, 3.8) is 0 Å². The second kappa shape index (κ2) is 6.45. The summed E-state index contributed by atoms with van der Waals surface area (Å²) in [5.74, 6) is -2.12. The number of hydrogen-bond donors (Lipinski definition) is 0. The summed E-state index contributed by atoms with van der Waals surface area (Å²) >= 11 is 3.14. The van der Waals surface area contributed by atoms with Gasteiger partial charge in [-0.15, -0.1) is 0 Å². The van der Waals surface area contributed by atoms with Crippen LogP contribution in [0, 0.1) is 0 Å². The van der Waals surface area contributed by atoms with Gasteiger partial charge in [0.05, 0.1) is 10.5 Å². The molecule has 23 heavy (non-hydrogen) atoms. The van der Waals surface area contributed by atoms with Crippen molar-refractivity contribution < 1.29 is 26.4 Å². The first-order valence-corrected chi connectivity index (χ1v) is 8.73. The Morgan fingerprint density at radius 3 is 2.13 bits per heavy atom. The van der Waals surface area contributed by atoms with Crippen LogP contribution in [-0.4, -0.2) is 20.0 Å². The average Bonchev–Trinajstić information content (AvgIpc) is 2.46. The quantitative estimate of drug-likeness (QED) is 0.717. The van der Waals surface area contributed by atoms with Crippen LogP contribution in [0.2, 0.25) is 0 Å². The number of ketones is 1. The number of benzene rings is 2. The number of carbonyl (C=O) groups excluding carboxylic acids is 1. The number of alkyl halides is 3. The monoisotopic (exact) mass is 406 g/mol. The van der Waals surface area contributed by atoms with Gasteiger partial charge in [-0.3, -0.25) is 4.79 Å². The highest BCUT2D eigenvalue weighted by Gasteiger charge is 2.35. The van der Waals surface area contributed by atoms with Gasteiger partial charge in [-0.2, -0.15) is 13.2 Å². The summed E-state index contributed by atoms with van der Waals surface area (Å²) in [5, 5.41) is 0. The Bertz CT molecular complexity index is 828. The SMILES string of the molecule is O=C(CS(=O)(=O)c1ccc(Br)cc1)c1ccccc1C(F)(F)F. The lowest BCUT2D eigenvalue weighted by molar-refractivity contribution is -0.137. The van der Waals surface area contributed by atoms with E-state index in [9.17, 15) is 26.4 Å². The van der Waals surface area contributed by atoms with Crippen LogP contribution in [0.5, 0.6) is 0 Å². The third kappa shape index (κ3) is 4.20. The molecule has 0 aliphatic carbocycles. The fraction of sp³-hybridized carbons (Fsp3) is 0.133. The van der Waals surface area contributed by atoms with E-state index in [0.717, 1.165) is 18.2 Å². The fourth-order valence-electron chi connectivity index (χ4n) is 1.95. The van der Waals surface area contributed by atoms with Crippen molar-refractivity contribution in [2.75, 3.05) is 5.75 Å². The van der Waals surface area contributed by atoms with Crippen LogP contribution in [-0.2, 0) is 16.0 Å². The van der Waals surface area contributed by atoms with E-state index in [1.54, 1.807) is 0 Å². The van der Waals surface area contributed by atoms with Crippen molar-refractivity contribution in [3.05, 3.63) is 64.1 Å². The van der Waals surface area contributed by atoms with Gasteiger partial charge in [-0.1, -0.05) is 34.1 Å². The van der Waals surface area contributed by atoms with E-state index >= 15 is 0 Å². The minimum Gasteiger partial charge on any atom is -0.293 e. The van der Waals surface area contributed by atoms with Gasteiger partial charge >= 0.3 is 6.18 Å². The summed E-state index contributed by atoms with van der Waals surface area (Å²) in [6.07, 6.45) is -4.73. The number of halogens is 4. The Balaban J connectivity index is 2.34. The molecule has 8 heteroatoms. The second-order valence-corrected chi connectivity index (χ2v) is 7.58. The number of rotatable bonds is 4. The minimum absolute atomic E-state index is 0.126. The molecule has 0 fully saturated rings. The Labute approximate surface area is 139 Å². The highest BCUT2D eigenvalue weighted by molar-refractivity contribution is 9.10. The van der Waals surface area contributed by atoms with Gasteiger partial charge in [0.25, 0.3) is 0 Å². The van der Waals surface area contributed by atoms with Gasteiger partial charge in [-0.25, -0.2) is 8.42 Å². The van der Waals surface area contributed by atoms with Gasteiger partial charge in [0.1, 0.15) is 5.75 Å². The molecule has 3 nitrogen and oxygen atoms in total. The van der Waals surface area contributed by atoms with Crippen molar-refractivity contribution in [2.45, 2.75) is 11.1 Å². The molecule has 0 spiro atoms. The predicted molar refractivity (Wildman–Crippen MR) is 82.0 cm³/mol. The van der Waals surface area contributed by atoms with Crippen LogP contribution in [0.15, 0.2) is 57.9 Å². The molecule has 0 aromatic heterocycles. The third-order valence-electron chi connectivity index (χ3n) is 3.03. The largest absolute Gasteiger partial charge is 0.417 e. The summed E-state index contributed by atoms with van der Waals surface area (Å²) in [4.78, 5) is 12.0. The first-order valence-electron chi connectivity index (χ1n) is 6.29. The predicted octanol–water partition coefficient (Wildman–Crippen LogP) is 4.12. The molecule has 0 aliphatic rings. The molecule has 2 rings (SSSR count). The Kier molecular flexibility index (Phi) is 4.95. The molecule has 2 aromatic carbocycles. The van der Waals surface area contributed by atoms with E-state index in [4.69, 9.17) is 0 Å². The topological polar surface area (TPSA) is 51.2 Å².